The van der Waals surface area contributed by atoms with Gasteiger partial charge in [0.2, 0.25) is 11.9 Å². The van der Waals surface area contributed by atoms with Crippen molar-refractivity contribution in [3.63, 3.8) is 0 Å². The van der Waals surface area contributed by atoms with Crippen LogP contribution in [0.5, 0.6) is 0 Å². The number of nitrogens with zero attached hydrogens (tertiary/aromatic N) is 3. The van der Waals surface area contributed by atoms with Crippen LogP contribution in [0.3, 0.4) is 0 Å². The Balaban J connectivity index is 1.98. The predicted molar refractivity (Wildman–Crippen MR) is 66.0 cm³/mol. The maximum atomic E-state index is 11.0. The van der Waals surface area contributed by atoms with Crippen LogP contribution < -0.4 is 15.5 Å². The van der Waals surface area contributed by atoms with Gasteiger partial charge in [0, 0.05) is 39.3 Å². The summed E-state index contributed by atoms with van der Waals surface area (Å²) in [5.41, 5.74) is 0. The minimum Gasteiger partial charge on any atom is -0.365 e. The van der Waals surface area contributed by atoms with Crippen LogP contribution in [-0.4, -0.2) is 42.6 Å². The van der Waals surface area contributed by atoms with Crippen LogP contribution in [-0.2, 0) is 4.79 Å². The van der Waals surface area contributed by atoms with Crippen LogP contribution in [0.2, 0.25) is 0 Å². The number of carbonyl (C=O) groups is 1. The standard InChI is InChI=1S/C11H17N5O/c1-16(2)11-12-6-5-9(15-11)14-8-3-4-10(17)13-7-8/h5-6,8H,3-4,7H2,1-2H3,(H,13,17)(H,12,14,15). The zero-order valence-corrected chi connectivity index (χ0v) is 10.1. The molecule has 1 fully saturated rings. The molecule has 17 heavy (non-hydrogen) atoms. The van der Waals surface area contributed by atoms with E-state index in [1.54, 1.807) is 6.20 Å². The second-order valence-corrected chi connectivity index (χ2v) is 4.32. The highest BCUT2D eigenvalue weighted by molar-refractivity contribution is 5.76. The fraction of sp³-hybridized carbons (Fsp3) is 0.545. The van der Waals surface area contributed by atoms with Crippen molar-refractivity contribution in [3.05, 3.63) is 12.3 Å². The quantitative estimate of drug-likeness (QED) is 0.785. The zero-order chi connectivity index (χ0) is 12.3. The summed E-state index contributed by atoms with van der Waals surface area (Å²) in [6, 6.07) is 2.08. The minimum absolute atomic E-state index is 0.125. The van der Waals surface area contributed by atoms with Crippen molar-refractivity contribution in [2.75, 3.05) is 30.9 Å². The van der Waals surface area contributed by atoms with Gasteiger partial charge in [0.15, 0.2) is 0 Å². The molecule has 1 amide bonds. The van der Waals surface area contributed by atoms with E-state index in [4.69, 9.17) is 0 Å². The number of nitrogens with one attached hydrogen (secondary N) is 2. The maximum absolute atomic E-state index is 11.0. The van der Waals surface area contributed by atoms with Gasteiger partial charge in [-0.2, -0.15) is 4.98 Å². The van der Waals surface area contributed by atoms with Gasteiger partial charge in [-0.3, -0.25) is 4.79 Å². The topological polar surface area (TPSA) is 70.2 Å². The Morgan fingerprint density at radius 3 is 3.00 bits per heavy atom. The lowest BCUT2D eigenvalue weighted by molar-refractivity contribution is -0.122. The molecule has 0 bridgehead atoms. The van der Waals surface area contributed by atoms with Crippen molar-refractivity contribution in [2.24, 2.45) is 0 Å². The zero-order valence-electron chi connectivity index (χ0n) is 10.1. The van der Waals surface area contributed by atoms with E-state index in [2.05, 4.69) is 20.6 Å². The minimum atomic E-state index is 0.125. The second-order valence-electron chi connectivity index (χ2n) is 4.32. The molecular formula is C11H17N5O. The van der Waals surface area contributed by atoms with E-state index >= 15 is 0 Å². The third-order valence-electron chi connectivity index (χ3n) is 2.66. The Morgan fingerprint density at radius 2 is 2.35 bits per heavy atom. The molecule has 1 aromatic heterocycles. The number of aromatic nitrogens is 2. The molecule has 0 radical (unpaired) electrons. The highest BCUT2D eigenvalue weighted by atomic mass is 16.1. The first-order valence-corrected chi connectivity index (χ1v) is 5.69. The van der Waals surface area contributed by atoms with Gasteiger partial charge in [-0.25, -0.2) is 4.98 Å². The lowest BCUT2D eigenvalue weighted by Crippen LogP contribution is -2.42. The third kappa shape index (κ3) is 3.05. The van der Waals surface area contributed by atoms with Crippen LogP contribution in [0.25, 0.3) is 0 Å². The fourth-order valence-electron chi connectivity index (χ4n) is 1.71. The van der Waals surface area contributed by atoms with Crippen LogP contribution in [0.1, 0.15) is 12.8 Å². The molecule has 1 aromatic rings. The van der Waals surface area contributed by atoms with Crippen molar-refractivity contribution < 1.29 is 4.79 Å². The van der Waals surface area contributed by atoms with E-state index in [1.165, 1.54) is 0 Å². The van der Waals surface area contributed by atoms with Crippen molar-refractivity contribution in [3.8, 4) is 0 Å². The molecular weight excluding hydrogens is 218 g/mol. The summed E-state index contributed by atoms with van der Waals surface area (Å²) >= 11 is 0. The average molecular weight is 235 g/mol. The molecule has 6 nitrogen and oxygen atoms in total. The van der Waals surface area contributed by atoms with Gasteiger partial charge in [-0.15, -0.1) is 0 Å². The van der Waals surface area contributed by atoms with Gasteiger partial charge in [-0.1, -0.05) is 0 Å². The Hall–Kier alpha value is -1.85. The first-order chi connectivity index (χ1) is 8.15. The number of hydrogen-bond acceptors (Lipinski definition) is 5. The van der Waals surface area contributed by atoms with Gasteiger partial charge in [0.25, 0.3) is 0 Å². The molecule has 1 aliphatic heterocycles. The lowest BCUT2D eigenvalue weighted by Gasteiger charge is -2.24. The van der Waals surface area contributed by atoms with E-state index in [-0.39, 0.29) is 11.9 Å². The number of rotatable bonds is 3. The SMILES string of the molecule is CN(C)c1nccc(NC2CCC(=O)NC2)n1. The molecule has 2 heterocycles. The Bertz CT molecular complexity index is 397. The normalized spacial score (nSPS) is 19.6. The van der Waals surface area contributed by atoms with Gasteiger partial charge in [0.1, 0.15) is 5.82 Å². The van der Waals surface area contributed by atoms with E-state index in [9.17, 15) is 4.79 Å². The van der Waals surface area contributed by atoms with Crippen LogP contribution in [0.15, 0.2) is 12.3 Å². The monoisotopic (exact) mass is 235 g/mol. The summed E-state index contributed by atoms with van der Waals surface area (Å²) < 4.78 is 0. The van der Waals surface area contributed by atoms with Crippen molar-refractivity contribution in [1.29, 1.82) is 0 Å². The number of piperidine rings is 1. The van der Waals surface area contributed by atoms with E-state index in [0.29, 0.717) is 18.9 Å². The summed E-state index contributed by atoms with van der Waals surface area (Å²) in [5, 5.41) is 6.14. The lowest BCUT2D eigenvalue weighted by atomic mass is 10.1. The average Bonchev–Trinajstić information content (AvgIpc) is 2.32. The first-order valence-electron chi connectivity index (χ1n) is 5.69. The Morgan fingerprint density at radius 1 is 1.53 bits per heavy atom. The van der Waals surface area contributed by atoms with Crippen LogP contribution >= 0.6 is 0 Å². The third-order valence-corrected chi connectivity index (χ3v) is 2.66. The molecule has 0 spiro atoms. The Labute approximate surface area is 100 Å². The van der Waals surface area contributed by atoms with Crippen LogP contribution in [0, 0.1) is 0 Å². The molecule has 0 saturated carbocycles. The Kier molecular flexibility index (Phi) is 3.41. The fourth-order valence-corrected chi connectivity index (χ4v) is 1.71. The molecule has 6 heteroatoms. The summed E-state index contributed by atoms with van der Waals surface area (Å²) in [6.07, 6.45) is 3.14. The number of hydrogen-bond donors (Lipinski definition) is 2. The number of anilines is 2. The van der Waals surface area contributed by atoms with Gasteiger partial charge in [0.05, 0.1) is 0 Å². The molecule has 1 aliphatic rings. The molecule has 1 unspecified atom stereocenters. The summed E-state index contributed by atoms with van der Waals surface area (Å²) in [4.78, 5) is 21.4. The molecule has 1 saturated heterocycles. The van der Waals surface area contributed by atoms with Crippen LogP contribution in [0.4, 0.5) is 11.8 Å². The predicted octanol–water partition coefficient (Wildman–Crippen LogP) is 0.233. The number of carbonyl (C=O) groups excluding carboxylic acids is 1. The van der Waals surface area contributed by atoms with Gasteiger partial charge >= 0.3 is 0 Å². The molecule has 2 rings (SSSR count). The number of amides is 1. The summed E-state index contributed by atoms with van der Waals surface area (Å²) in [7, 11) is 3.81. The molecule has 0 aromatic carbocycles. The highest BCUT2D eigenvalue weighted by Gasteiger charge is 2.18. The molecule has 0 aliphatic carbocycles. The largest absolute Gasteiger partial charge is 0.365 e. The van der Waals surface area contributed by atoms with Crippen molar-refractivity contribution in [1.82, 2.24) is 15.3 Å². The van der Waals surface area contributed by atoms with E-state index in [0.717, 1.165) is 12.2 Å². The maximum Gasteiger partial charge on any atom is 0.226 e. The molecule has 1 atom stereocenters. The van der Waals surface area contributed by atoms with Crippen molar-refractivity contribution >= 4 is 17.7 Å². The summed E-state index contributed by atoms with van der Waals surface area (Å²) in [6.45, 7) is 0.653. The second kappa shape index (κ2) is 4.99. The molecule has 92 valence electrons. The van der Waals surface area contributed by atoms with E-state index < -0.39 is 0 Å². The van der Waals surface area contributed by atoms with Gasteiger partial charge in [-0.05, 0) is 12.5 Å². The van der Waals surface area contributed by atoms with Gasteiger partial charge < -0.3 is 15.5 Å². The van der Waals surface area contributed by atoms with E-state index in [1.807, 2.05) is 25.1 Å². The van der Waals surface area contributed by atoms with Crippen molar-refractivity contribution in [2.45, 2.75) is 18.9 Å². The summed E-state index contributed by atoms with van der Waals surface area (Å²) in [5.74, 6) is 1.60. The smallest absolute Gasteiger partial charge is 0.226 e. The highest BCUT2D eigenvalue weighted by Crippen LogP contribution is 2.12. The molecule has 2 N–H and O–H groups in total. The first kappa shape index (κ1) is 11.6.